The number of carbonyl (C=O) groups excluding carboxylic acids is 4. The van der Waals surface area contributed by atoms with E-state index in [1.807, 2.05) is 0 Å². The highest BCUT2D eigenvalue weighted by Crippen LogP contribution is 1.97. The monoisotopic (exact) mass is 458 g/mol. The molecule has 0 spiro atoms. The summed E-state index contributed by atoms with van der Waals surface area (Å²) in [6.07, 6.45) is 2.06. The van der Waals surface area contributed by atoms with Crippen molar-refractivity contribution < 1.29 is 28.7 Å². The lowest BCUT2D eigenvalue weighted by Gasteiger charge is -2.09. The molecule has 0 heterocycles. The molecular weight excluding hydrogens is 404 g/mol. The van der Waals surface area contributed by atoms with Gasteiger partial charge in [-0.1, -0.05) is 64.8 Å². The largest absolute Gasteiger partial charge is 0.412 e. The third-order valence-corrected chi connectivity index (χ3v) is 2.70. The highest BCUT2D eigenvalue weighted by Gasteiger charge is 2.04. The fourth-order valence-corrected chi connectivity index (χ4v) is 1.54. The van der Waals surface area contributed by atoms with E-state index >= 15 is 0 Å². The summed E-state index contributed by atoms with van der Waals surface area (Å²) in [4.78, 5) is 43.6. The Morgan fingerprint density at radius 3 is 1.35 bits per heavy atom. The van der Waals surface area contributed by atoms with Crippen LogP contribution < -0.4 is 21.3 Å². The average Bonchev–Trinajstić information content (AvgIpc) is 2.49. The zero-order valence-electron chi connectivity index (χ0n) is 14.1. The lowest BCUT2D eigenvalue weighted by Crippen LogP contribution is -2.37. The number of hydrogen-bond donors (Lipinski definition) is 4. The first-order valence-electron chi connectivity index (χ1n) is 7.72. The van der Waals surface area contributed by atoms with Crippen LogP contribution in [-0.4, -0.2) is 50.6 Å². The van der Waals surface area contributed by atoms with Crippen molar-refractivity contribution in [1.29, 1.82) is 0 Å². The third-order valence-electron chi connectivity index (χ3n) is 2.70. The topological polar surface area (TPSA) is 135 Å². The van der Waals surface area contributed by atoms with E-state index in [4.69, 9.17) is 0 Å². The second-order valence-corrected chi connectivity index (χ2v) is 4.89. The molecule has 0 radical (unpaired) electrons. The van der Waals surface area contributed by atoms with Crippen molar-refractivity contribution in [3.05, 3.63) is 0 Å². The fourth-order valence-electron chi connectivity index (χ4n) is 1.54. The number of hydrogen-bond acceptors (Lipinski definition) is 6. The van der Waals surface area contributed by atoms with Gasteiger partial charge in [-0.05, 0) is 12.8 Å². The highest BCUT2D eigenvalue weighted by atomic mass is 16.7. The van der Waals surface area contributed by atoms with Gasteiger partial charge in [0, 0.05) is 26.9 Å². The number of rotatable bonds is 11. The van der Waals surface area contributed by atoms with Crippen LogP contribution in [0.5, 0.6) is 0 Å². The minimum absolute atomic E-state index is 0. The summed E-state index contributed by atoms with van der Waals surface area (Å²) in [6, 6.07) is 0. The van der Waals surface area contributed by atoms with Crippen molar-refractivity contribution in [3.8, 4) is 0 Å². The van der Waals surface area contributed by atoms with Crippen LogP contribution in [0, 0.1) is 0 Å². The molecule has 0 aliphatic carbocycles. The Hall–Kier alpha value is -2.52. The van der Waals surface area contributed by atoms with Gasteiger partial charge in [0.05, 0.1) is 6.67 Å². The summed E-state index contributed by atoms with van der Waals surface area (Å²) in [5.74, 6) is -0.327. The lowest BCUT2D eigenvalue weighted by atomic mass is 10.2. The van der Waals surface area contributed by atoms with E-state index in [1.54, 1.807) is 0 Å². The smallest absolute Gasteiger partial charge is 0.411 e. The summed E-state index contributed by atoms with van der Waals surface area (Å²) in [5.41, 5.74) is 0. The molecule has 0 atom stereocenters. The van der Waals surface area contributed by atoms with Crippen molar-refractivity contribution >= 4 is 24.0 Å². The van der Waals surface area contributed by atoms with Gasteiger partial charge in [-0.2, -0.15) is 0 Å². The van der Waals surface area contributed by atoms with E-state index in [9.17, 15) is 19.2 Å². The third kappa shape index (κ3) is 42.5. The lowest BCUT2D eigenvalue weighted by molar-refractivity contribution is -0.119. The SMILES string of the molecule is C.C.C.C.C.C.C.CC(=O)NCCCCCCNC(=O)OCOC(=O)NCNC(C)=O. The van der Waals surface area contributed by atoms with Crippen molar-refractivity contribution in [3.63, 3.8) is 0 Å². The second kappa shape index (κ2) is 35.0. The van der Waals surface area contributed by atoms with Gasteiger partial charge in [0.15, 0.2) is 0 Å². The Bertz CT molecular complexity index is 421. The number of ether oxygens (including phenoxy) is 2. The second-order valence-electron chi connectivity index (χ2n) is 4.89. The molecule has 0 aromatic rings. The zero-order valence-corrected chi connectivity index (χ0v) is 14.1. The van der Waals surface area contributed by atoms with Crippen molar-refractivity contribution in [2.75, 3.05) is 26.6 Å². The van der Waals surface area contributed by atoms with Gasteiger partial charge in [0.1, 0.15) is 0 Å². The van der Waals surface area contributed by atoms with Gasteiger partial charge in [-0.25, -0.2) is 9.59 Å². The molecule has 31 heavy (non-hydrogen) atoms. The Morgan fingerprint density at radius 1 is 0.548 bits per heavy atom. The first-order chi connectivity index (χ1) is 11.4. The van der Waals surface area contributed by atoms with Gasteiger partial charge >= 0.3 is 12.2 Å². The minimum atomic E-state index is -0.810. The molecule has 0 unspecified atom stereocenters. The molecule has 0 aliphatic heterocycles. The number of alkyl carbamates (subject to hydrolysis) is 2. The molecule has 10 heteroatoms. The van der Waals surface area contributed by atoms with Gasteiger partial charge in [-0.15, -0.1) is 0 Å². The number of unbranched alkanes of at least 4 members (excludes halogenated alkanes) is 3. The van der Waals surface area contributed by atoms with Crippen LogP contribution in [0.3, 0.4) is 0 Å². The zero-order chi connectivity index (χ0) is 18.2. The summed E-state index contributed by atoms with van der Waals surface area (Å²) in [6.45, 7) is 3.31. The Kier molecular flexibility index (Phi) is 57.8. The van der Waals surface area contributed by atoms with E-state index in [0.717, 1.165) is 25.7 Å². The molecule has 10 nitrogen and oxygen atoms in total. The Labute approximate surface area is 192 Å². The predicted octanol–water partition coefficient (Wildman–Crippen LogP) is 4.64. The van der Waals surface area contributed by atoms with Gasteiger partial charge in [0.2, 0.25) is 18.6 Å². The first kappa shape index (κ1) is 51.3. The predicted molar refractivity (Wildman–Crippen MR) is 132 cm³/mol. The fraction of sp³-hybridized carbons (Fsp3) is 0.810. The van der Waals surface area contributed by atoms with E-state index in [-0.39, 0.29) is 70.5 Å². The minimum Gasteiger partial charge on any atom is -0.412 e. The maximum Gasteiger partial charge on any atom is 0.411 e. The van der Waals surface area contributed by atoms with Crippen LogP contribution in [0.1, 0.15) is 91.5 Å². The molecule has 0 bridgehead atoms. The average molecular weight is 459 g/mol. The van der Waals surface area contributed by atoms with Crippen LogP contribution in [0.2, 0.25) is 0 Å². The van der Waals surface area contributed by atoms with E-state index < -0.39 is 19.0 Å². The van der Waals surface area contributed by atoms with E-state index in [1.165, 1.54) is 13.8 Å². The normalized spacial score (nSPS) is 7.42. The molecule has 0 aromatic heterocycles. The van der Waals surface area contributed by atoms with Crippen LogP contribution in [0.4, 0.5) is 9.59 Å². The van der Waals surface area contributed by atoms with Crippen LogP contribution >= 0.6 is 0 Å². The molecule has 0 aliphatic rings. The van der Waals surface area contributed by atoms with Gasteiger partial charge in [-0.3, -0.25) is 9.59 Å². The molecule has 0 fully saturated rings. The number of amides is 4. The van der Waals surface area contributed by atoms with Crippen LogP contribution in [0.15, 0.2) is 0 Å². The quantitative estimate of drug-likeness (QED) is 0.263. The van der Waals surface area contributed by atoms with Crippen LogP contribution in [-0.2, 0) is 19.1 Å². The van der Waals surface area contributed by atoms with E-state index in [0.29, 0.717) is 13.1 Å². The number of carbonyl (C=O) groups is 4. The summed E-state index contributed by atoms with van der Waals surface area (Å²) in [7, 11) is 0. The molecule has 0 aromatic carbocycles. The highest BCUT2D eigenvalue weighted by molar-refractivity contribution is 5.74. The molecule has 0 saturated carbocycles. The standard InChI is InChI=1S/C14H26N4O6.7CH4/c1-11(19)15-7-5-3-4-6-8-16-13(21)23-10-24-14(22)18-9-17-12(2)20;;;;;;;/h3-10H2,1-2H3,(H,15,19)(H,16,21)(H,17,20)(H,18,22);7*1H4. The summed E-state index contributed by atoms with van der Waals surface area (Å²) in [5, 5.41) is 9.82. The Balaban J connectivity index is -0.000000126. The number of nitrogens with one attached hydrogen (secondary N) is 4. The molecule has 0 rings (SSSR count). The molecular formula is C21H54N4O6. The van der Waals surface area contributed by atoms with Crippen molar-refractivity contribution in [2.24, 2.45) is 0 Å². The summed E-state index contributed by atoms with van der Waals surface area (Å²) >= 11 is 0. The van der Waals surface area contributed by atoms with Crippen molar-refractivity contribution in [2.45, 2.75) is 91.5 Å². The van der Waals surface area contributed by atoms with Crippen molar-refractivity contribution in [1.82, 2.24) is 21.3 Å². The summed E-state index contributed by atoms with van der Waals surface area (Å²) < 4.78 is 9.21. The molecule has 4 N–H and O–H groups in total. The maximum absolute atomic E-state index is 11.3. The van der Waals surface area contributed by atoms with Crippen LogP contribution in [0.25, 0.3) is 0 Å². The molecule has 194 valence electrons. The first-order valence-corrected chi connectivity index (χ1v) is 7.72. The maximum atomic E-state index is 11.3. The molecule has 0 saturated heterocycles. The molecule has 4 amide bonds. The van der Waals surface area contributed by atoms with Gasteiger partial charge < -0.3 is 30.7 Å². The Morgan fingerprint density at radius 2 is 0.935 bits per heavy atom. The van der Waals surface area contributed by atoms with Gasteiger partial charge in [0.25, 0.3) is 0 Å². The van der Waals surface area contributed by atoms with E-state index in [2.05, 4.69) is 30.7 Å².